The summed E-state index contributed by atoms with van der Waals surface area (Å²) in [7, 11) is 3.73. The molecule has 4 aromatic rings. The lowest BCUT2D eigenvalue weighted by Crippen LogP contribution is -2.32. The van der Waals surface area contributed by atoms with Crippen LogP contribution in [-0.2, 0) is 0 Å². The van der Waals surface area contributed by atoms with E-state index in [2.05, 4.69) is 27.2 Å². The van der Waals surface area contributed by atoms with Gasteiger partial charge in [0.15, 0.2) is 11.5 Å². The highest BCUT2D eigenvalue weighted by atomic mass is 19.1. The average molecular weight is 530 g/mol. The molecule has 202 valence electrons. The van der Waals surface area contributed by atoms with Crippen LogP contribution in [0.4, 0.5) is 15.9 Å². The van der Waals surface area contributed by atoms with Gasteiger partial charge in [0.05, 0.1) is 24.9 Å². The second-order valence-electron chi connectivity index (χ2n) is 9.96. The molecule has 1 saturated heterocycles. The lowest BCUT2D eigenvalue weighted by Gasteiger charge is -2.28. The topological polar surface area (TPSA) is 103 Å². The quantitative estimate of drug-likeness (QED) is 0.319. The minimum atomic E-state index is -0.519. The van der Waals surface area contributed by atoms with E-state index in [0.717, 1.165) is 31.5 Å². The summed E-state index contributed by atoms with van der Waals surface area (Å²) in [5, 5.41) is 3.77. The third kappa shape index (κ3) is 5.63. The number of ether oxygens (including phenoxy) is 2. The molecule has 2 heterocycles. The zero-order valence-electron chi connectivity index (χ0n) is 22.3. The van der Waals surface area contributed by atoms with E-state index in [-0.39, 0.29) is 5.69 Å². The number of halogens is 1. The highest BCUT2D eigenvalue weighted by Crippen LogP contribution is 2.36. The summed E-state index contributed by atoms with van der Waals surface area (Å²) in [5.74, 6) is 1.14. The molecular weight excluding hydrogens is 497 g/mol. The molecule has 0 saturated carbocycles. The van der Waals surface area contributed by atoms with Gasteiger partial charge in [-0.2, -0.15) is 0 Å². The van der Waals surface area contributed by atoms with Crippen molar-refractivity contribution in [1.29, 1.82) is 0 Å². The Bertz CT molecular complexity index is 1520. The van der Waals surface area contributed by atoms with Gasteiger partial charge in [-0.25, -0.2) is 14.4 Å². The predicted molar refractivity (Wildman–Crippen MR) is 150 cm³/mol. The number of carbonyl (C=O) groups is 1. The van der Waals surface area contributed by atoms with Gasteiger partial charge < -0.3 is 25.4 Å². The molecule has 39 heavy (non-hydrogen) atoms. The van der Waals surface area contributed by atoms with E-state index in [9.17, 15) is 4.79 Å². The van der Waals surface area contributed by atoms with E-state index < -0.39 is 11.7 Å². The number of hydrogen-bond acceptors (Lipinski definition) is 7. The summed E-state index contributed by atoms with van der Waals surface area (Å²) in [6, 6.07) is 13.7. The molecule has 0 spiro atoms. The van der Waals surface area contributed by atoms with Gasteiger partial charge in [0.1, 0.15) is 18.0 Å². The Labute approximate surface area is 227 Å². The van der Waals surface area contributed by atoms with Crippen LogP contribution in [0.15, 0.2) is 54.9 Å². The van der Waals surface area contributed by atoms with E-state index in [1.807, 2.05) is 18.2 Å². The van der Waals surface area contributed by atoms with Gasteiger partial charge in [0, 0.05) is 17.0 Å². The predicted octanol–water partition coefficient (Wildman–Crippen LogP) is 5.32. The van der Waals surface area contributed by atoms with Crippen molar-refractivity contribution in [2.45, 2.75) is 19.8 Å². The first-order valence-corrected chi connectivity index (χ1v) is 12.9. The smallest absolute Gasteiger partial charge is 0.248 e. The largest absolute Gasteiger partial charge is 0.493 e. The first-order chi connectivity index (χ1) is 18.8. The summed E-state index contributed by atoms with van der Waals surface area (Å²) in [4.78, 5) is 22.8. The molecule has 9 heteroatoms. The number of nitrogens with zero attached hydrogens (tertiary/aromatic N) is 3. The molecular formula is C30H32FN5O3. The number of anilines is 2. The highest BCUT2D eigenvalue weighted by Gasteiger charge is 2.19. The Kier molecular flexibility index (Phi) is 7.60. The van der Waals surface area contributed by atoms with Crippen LogP contribution >= 0.6 is 0 Å². The van der Waals surface area contributed by atoms with Crippen molar-refractivity contribution < 1.29 is 18.7 Å². The van der Waals surface area contributed by atoms with Crippen LogP contribution in [0.1, 0.15) is 28.8 Å². The standard InChI is InChI=1S/C30H32FN5O3/c1-18-21(5-4-6-22(18)29(32)37)20-7-8-25(24(31)13-20)35-30-23-14-27(38-3)28(15-26(23)33-17-34-30)39-16-19-9-11-36(2)12-10-19/h4-8,13-15,17,19H,9-12,16H2,1-3H3,(H2,32,37)(H,33,34,35). The molecule has 0 unspecified atom stereocenters. The number of benzene rings is 3. The van der Waals surface area contributed by atoms with Gasteiger partial charge >= 0.3 is 0 Å². The maximum atomic E-state index is 15.3. The van der Waals surface area contributed by atoms with Crippen LogP contribution in [0.2, 0.25) is 0 Å². The fraction of sp³-hybridized carbons (Fsp3) is 0.300. The minimum Gasteiger partial charge on any atom is -0.493 e. The molecule has 0 bridgehead atoms. The lowest BCUT2D eigenvalue weighted by molar-refractivity contribution is 0.0999. The second-order valence-corrected chi connectivity index (χ2v) is 9.96. The van der Waals surface area contributed by atoms with Crippen molar-refractivity contribution in [2.24, 2.45) is 11.7 Å². The van der Waals surface area contributed by atoms with Gasteiger partial charge in [-0.15, -0.1) is 0 Å². The van der Waals surface area contributed by atoms with Gasteiger partial charge in [-0.05, 0) is 86.8 Å². The minimum absolute atomic E-state index is 0.254. The maximum Gasteiger partial charge on any atom is 0.248 e. The molecule has 0 radical (unpaired) electrons. The number of primary amides is 1. The molecule has 1 fully saturated rings. The summed E-state index contributed by atoms with van der Waals surface area (Å²) >= 11 is 0. The molecule has 1 amide bonds. The zero-order valence-corrected chi connectivity index (χ0v) is 22.3. The Morgan fingerprint density at radius 3 is 2.64 bits per heavy atom. The SMILES string of the molecule is COc1cc2c(Nc3ccc(-c4cccc(C(N)=O)c4C)cc3F)ncnc2cc1OCC1CCN(C)CC1. The first kappa shape index (κ1) is 26.4. The van der Waals surface area contributed by atoms with E-state index in [1.165, 1.54) is 12.4 Å². The molecule has 1 aliphatic heterocycles. The molecule has 0 aliphatic carbocycles. The highest BCUT2D eigenvalue weighted by molar-refractivity contribution is 5.96. The fourth-order valence-electron chi connectivity index (χ4n) is 5.00. The molecule has 1 aromatic heterocycles. The Morgan fingerprint density at radius 2 is 1.92 bits per heavy atom. The Hall–Kier alpha value is -4.24. The second kappa shape index (κ2) is 11.2. The monoisotopic (exact) mass is 529 g/mol. The lowest BCUT2D eigenvalue weighted by atomic mass is 9.96. The fourth-order valence-corrected chi connectivity index (χ4v) is 5.00. The molecule has 1 aliphatic rings. The number of amides is 1. The van der Waals surface area contributed by atoms with Crippen LogP contribution in [0.25, 0.3) is 22.0 Å². The molecule has 3 N–H and O–H groups in total. The van der Waals surface area contributed by atoms with Gasteiger partial charge in [0.25, 0.3) is 0 Å². The van der Waals surface area contributed by atoms with E-state index >= 15 is 4.39 Å². The van der Waals surface area contributed by atoms with Crippen LogP contribution in [0.3, 0.4) is 0 Å². The van der Waals surface area contributed by atoms with Crippen molar-refractivity contribution in [3.05, 3.63) is 71.8 Å². The van der Waals surface area contributed by atoms with Crippen molar-refractivity contribution in [1.82, 2.24) is 14.9 Å². The summed E-state index contributed by atoms with van der Waals surface area (Å²) < 4.78 is 27.1. The van der Waals surface area contributed by atoms with E-state index in [0.29, 0.717) is 57.4 Å². The molecule has 8 nitrogen and oxygen atoms in total. The summed E-state index contributed by atoms with van der Waals surface area (Å²) in [6.45, 7) is 4.56. The number of nitrogens with two attached hydrogens (primary N) is 1. The zero-order chi connectivity index (χ0) is 27.5. The number of carbonyl (C=O) groups excluding carboxylic acids is 1. The van der Waals surface area contributed by atoms with E-state index in [1.54, 1.807) is 38.3 Å². The van der Waals surface area contributed by atoms with Gasteiger partial charge in [-0.3, -0.25) is 4.79 Å². The number of aromatic nitrogens is 2. The third-order valence-corrected chi connectivity index (χ3v) is 7.37. The normalized spacial score (nSPS) is 14.4. The summed E-state index contributed by atoms with van der Waals surface area (Å²) in [6.07, 6.45) is 3.63. The first-order valence-electron chi connectivity index (χ1n) is 12.9. The van der Waals surface area contributed by atoms with Crippen molar-refractivity contribution in [2.75, 3.05) is 39.2 Å². The van der Waals surface area contributed by atoms with Gasteiger partial charge in [0.2, 0.25) is 5.91 Å². The van der Waals surface area contributed by atoms with Crippen LogP contribution in [0, 0.1) is 18.7 Å². The van der Waals surface area contributed by atoms with Gasteiger partial charge in [-0.1, -0.05) is 18.2 Å². The van der Waals surface area contributed by atoms with Crippen LogP contribution in [-0.4, -0.2) is 54.6 Å². The molecule has 0 atom stereocenters. The summed E-state index contributed by atoms with van der Waals surface area (Å²) in [5.41, 5.74) is 8.87. The molecule has 5 rings (SSSR count). The number of hydrogen-bond donors (Lipinski definition) is 2. The number of methoxy groups -OCH3 is 1. The van der Waals surface area contributed by atoms with Crippen molar-refractivity contribution in [3.8, 4) is 22.6 Å². The Morgan fingerprint density at radius 1 is 1.13 bits per heavy atom. The average Bonchev–Trinajstić information content (AvgIpc) is 2.93. The number of piperidine rings is 1. The molecule has 3 aromatic carbocycles. The third-order valence-electron chi connectivity index (χ3n) is 7.37. The van der Waals surface area contributed by atoms with Crippen molar-refractivity contribution in [3.63, 3.8) is 0 Å². The van der Waals surface area contributed by atoms with E-state index in [4.69, 9.17) is 15.2 Å². The Balaban J connectivity index is 1.39. The van der Waals surface area contributed by atoms with Crippen LogP contribution in [0.5, 0.6) is 11.5 Å². The number of fused-ring (bicyclic) bond motifs is 1. The maximum absolute atomic E-state index is 15.3. The van der Waals surface area contributed by atoms with Crippen LogP contribution < -0.4 is 20.5 Å². The number of likely N-dealkylation sites (tertiary alicyclic amines) is 1. The number of nitrogens with one attached hydrogen (secondary N) is 1. The van der Waals surface area contributed by atoms with Crippen molar-refractivity contribution >= 4 is 28.3 Å². The number of rotatable bonds is 8.